The number of carbonyl (C=O) groups excluding carboxylic acids is 1. The van der Waals surface area contributed by atoms with Crippen LogP contribution in [-0.4, -0.2) is 19.4 Å². The van der Waals surface area contributed by atoms with E-state index in [1.54, 1.807) is 0 Å². The minimum absolute atomic E-state index is 0.139. The van der Waals surface area contributed by atoms with Crippen molar-refractivity contribution in [1.82, 2.24) is 5.32 Å². The van der Waals surface area contributed by atoms with Crippen molar-refractivity contribution in [3.8, 4) is 0 Å². The van der Waals surface area contributed by atoms with Crippen LogP contribution >= 0.6 is 0 Å². The number of benzene rings is 1. The third-order valence-electron chi connectivity index (χ3n) is 3.29. The Balaban J connectivity index is 2.28. The Morgan fingerprint density at radius 1 is 1.40 bits per heavy atom. The van der Waals surface area contributed by atoms with Gasteiger partial charge in [-0.05, 0) is 36.9 Å². The summed E-state index contributed by atoms with van der Waals surface area (Å²) >= 11 is 0. The molecule has 0 saturated carbocycles. The maximum absolute atomic E-state index is 11.0. The number of aldehydes is 1. The van der Waals surface area contributed by atoms with E-state index in [9.17, 15) is 4.79 Å². The van der Waals surface area contributed by atoms with Gasteiger partial charge < -0.3 is 10.1 Å². The van der Waals surface area contributed by atoms with Crippen LogP contribution in [0.1, 0.15) is 23.5 Å². The summed E-state index contributed by atoms with van der Waals surface area (Å²) in [5.41, 5.74) is 2.65. The second-order valence-electron chi connectivity index (χ2n) is 4.26. The summed E-state index contributed by atoms with van der Waals surface area (Å²) in [6.45, 7) is 3.96. The van der Waals surface area contributed by atoms with Crippen LogP contribution in [0.2, 0.25) is 0 Å². The van der Waals surface area contributed by atoms with Crippen molar-refractivity contribution < 1.29 is 4.79 Å². The molecule has 2 atom stereocenters. The largest absolute Gasteiger partial charge is 0.316 e. The second kappa shape index (κ2) is 4.58. The van der Waals surface area contributed by atoms with Crippen LogP contribution in [0.3, 0.4) is 0 Å². The summed E-state index contributed by atoms with van der Waals surface area (Å²) in [4.78, 5) is 11.0. The van der Waals surface area contributed by atoms with Crippen LogP contribution in [0.5, 0.6) is 0 Å². The fraction of sp³-hybridized carbons (Fsp3) is 0.462. The van der Waals surface area contributed by atoms with Crippen LogP contribution < -0.4 is 5.32 Å². The zero-order valence-electron chi connectivity index (χ0n) is 9.07. The van der Waals surface area contributed by atoms with Crippen LogP contribution in [0.4, 0.5) is 0 Å². The van der Waals surface area contributed by atoms with E-state index >= 15 is 0 Å². The van der Waals surface area contributed by atoms with E-state index in [-0.39, 0.29) is 5.92 Å². The molecule has 80 valence electrons. The zero-order valence-corrected chi connectivity index (χ0v) is 9.07. The summed E-state index contributed by atoms with van der Waals surface area (Å²) < 4.78 is 0. The highest BCUT2D eigenvalue weighted by Gasteiger charge is 2.26. The van der Waals surface area contributed by atoms with Crippen LogP contribution in [0.25, 0.3) is 0 Å². The lowest BCUT2D eigenvalue weighted by molar-refractivity contribution is -0.112. The average Bonchev–Trinajstić information content (AvgIpc) is 2.30. The lowest BCUT2D eigenvalue weighted by Crippen LogP contribution is -2.36. The van der Waals surface area contributed by atoms with Crippen molar-refractivity contribution >= 4 is 6.29 Å². The number of rotatable bonds is 2. The van der Waals surface area contributed by atoms with E-state index < -0.39 is 0 Å². The summed E-state index contributed by atoms with van der Waals surface area (Å²) in [7, 11) is 0. The van der Waals surface area contributed by atoms with Crippen LogP contribution in [0.15, 0.2) is 24.3 Å². The van der Waals surface area contributed by atoms with Crippen molar-refractivity contribution in [3.05, 3.63) is 35.4 Å². The molecule has 15 heavy (non-hydrogen) atoms. The Labute approximate surface area is 90.7 Å². The van der Waals surface area contributed by atoms with Gasteiger partial charge in [-0.2, -0.15) is 0 Å². The highest BCUT2D eigenvalue weighted by atomic mass is 16.1. The molecule has 0 bridgehead atoms. The Kier molecular flexibility index (Phi) is 3.17. The van der Waals surface area contributed by atoms with Gasteiger partial charge in [0, 0.05) is 12.5 Å². The Morgan fingerprint density at radius 3 is 2.93 bits per heavy atom. The fourth-order valence-corrected chi connectivity index (χ4v) is 2.41. The SMILES string of the molecule is Cc1ccccc1[C@H]1CCNC[C@H]1C=O. The highest BCUT2D eigenvalue weighted by Crippen LogP contribution is 2.30. The molecular formula is C13H17NO. The molecule has 0 spiro atoms. The van der Waals surface area contributed by atoms with Gasteiger partial charge in [0.15, 0.2) is 0 Å². The molecule has 1 saturated heterocycles. The number of aryl methyl sites for hydroxylation is 1. The Hall–Kier alpha value is -1.15. The zero-order chi connectivity index (χ0) is 10.7. The predicted molar refractivity (Wildman–Crippen MR) is 61.0 cm³/mol. The maximum Gasteiger partial charge on any atom is 0.124 e. The van der Waals surface area contributed by atoms with Gasteiger partial charge in [0.25, 0.3) is 0 Å². The molecule has 0 unspecified atom stereocenters. The quantitative estimate of drug-likeness (QED) is 0.744. The molecule has 2 nitrogen and oxygen atoms in total. The van der Waals surface area contributed by atoms with E-state index in [2.05, 4.69) is 36.5 Å². The molecule has 0 amide bonds. The maximum atomic E-state index is 11.0. The smallest absolute Gasteiger partial charge is 0.124 e. The number of carbonyl (C=O) groups is 1. The van der Waals surface area contributed by atoms with Crippen molar-refractivity contribution in [2.24, 2.45) is 5.92 Å². The first-order valence-corrected chi connectivity index (χ1v) is 5.54. The summed E-state index contributed by atoms with van der Waals surface area (Å²) in [5.74, 6) is 0.546. The van der Waals surface area contributed by atoms with Gasteiger partial charge in [-0.1, -0.05) is 24.3 Å². The van der Waals surface area contributed by atoms with E-state index in [0.717, 1.165) is 25.8 Å². The highest BCUT2D eigenvalue weighted by molar-refractivity contribution is 5.57. The van der Waals surface area contributed by atoms with Crippen molar-refractivity contribution in [2.45, 2.75) is 19.3 Å². The average molecular weight is 203 g/mol. The van der Waals surface area contributed by atoms with Gasteiger partial charge in [-0.3, -0.25) is 0 Å². The monoisotopic (exact) mass is 203 g/mol. The molecule has 0 radical (unpaired) electrons. The number of hydrogen-bond donors (Lipinski definition) is 1. The molecule has 1 aliphatic rings. The second-order valence-corrected chi connectivity index (χ2v) is 4.26. The van der Waals surface area contributed by atoms with Crippen molar-refractivity contribution in [3.63, 3.8) is 0 Å². The minimum atomic E-state index is 0.139. The summed E-state index contributed by atoms with van der Waals surface area (Å²) in [5, 5.41) is 3.27. The molecule has 1 aromatic carbocycles. The van der Waals surface area contributed by atoms with Gasteiger partial charge in [0.1, 0.15) is 6.29 Å². The molecule has 0 aromatic heterocycles. The van der Waals surface area contributed by atoms with Gasteiger partial charge in [0.05, 0.1) is 0 Å². The lowest BCUT2D eigenvalue weighted by atomic mass is 9.80. The van der Waals surface area contributed by atoms with Crippen LogP contribution in [-0.2, 0) is 4.79 Å². The lowest BCUT2D eigenvalue weighted by Gasteiger charge is -2.29. The number of piperidine rings is 1. The molecule has 1 heterocycles. The first-order chi connectivity index (χ1) is 7.33. The molecule has 1 aromatic rings. The summed E-state index contributed by atoms with van der Waals surface area (Å²) in [6.07, 6.45) is 2.16. The van der Waals surface area contributed by atoms with E-state index in [4.69, 9.17) is 0 Å². The molecular weight excluding hydrogens is 186 g/mol. The van der Waals surface area contributed by atoms with E-state index in [1.807, 2.05) is 0 Å². The summed E-state index contributed by atoms with van der Waals surface area (Å²) in [6, 6.07) is 8.39. The normalized spacial score (nSPS) is 26.2. The fourth-order valence-electron chi connectivity index (χ4n) is 2.41. The third-order valence-corrected chi connectivity index (χ3v) is 3.29. The third kappa shape index (κ3) is 2.10. The first kappa shape index (κ1) is 10.4. The Bertz CT molecular complexity index is 348. The van der Waals surface area contributed by atoms with E-state index in [0.29, 0.717) is 5.92 Å². The molecule has 2 heteroatoms. The molecule has 1 aliphatic heterocycles. The van der Waals surface area contributed by atoms with E-state index in [1.165, 1.54) is 11.1 Å². The van der Waals surface area contributed by atoms with Gasteiger partial charge in [-0.25, -0.2) is 0 Å². The van der Waals surface area contributed by atoms with Gasteiger partial charge in [0.2, 0.25) is 0 Å². The predicted octanol–water partition coefficient (Wildman–Crippen LogP) is 1.89. The van der Waals surface area contributed by atoms with Gasteiger partial charge in [-0.15, -0.1) is 0 Å². The number of hydrogen-bond acceptors (Lipinski definition) is 2. The Morgan fingerprint density at radius 2 is 2.20 bits per heavy atom. The van der Waals surface area contributed by atoms with Crippen molar-refractivity contribution in [2.75, 3.05) is 13.1 Å². The van der Waals surface area contributed by atoms with Gasteiger partial charge >= 0.3 is 0 Å². The molecule has 1 fully saturated rings. The van der Waals surface area contributed by atoms with Crippen molar-refractivity contribution in [1.29, 1.82) is 0 Å². The molecule has 2 rings (SSSR count). The standard InChI is InChI=1S/C13H17NO/c1-10-4-2-3-5-12(10)13-6-7-14-8-11(13)9-15/h2-5,9,11,13-14H,6-8H2,1H3/t11-,13-/m0/s1. The number of nitrogens with one attached hydrogen (secondary N) is 1. The minimum Gasteiger partial charge on any atom is -0.316 e. The first-order valence-electron chi connectivity index (χ1n) is 5.54. The molecule has 0 aliphatic carbocycles. The molecule has 1 N–H and O–H groups in total. The topological polar surface area (TPSA) is 29.1 Å². The van der Waals surface area contributed by atoms with Crippen LogP contribution in [0, 0.1) is 12.8 Å².